The lowest BCUT2D eigenvalue weighted by atomic mass is 10.1. The fraction of sp³-hybridized carbons (Fsp3) is 0.364. The van der Waals surface area contributed by atoms with E-state index in [2.05, 4.69) is 11.4 Å². The first kappa shape index (κ1) is 17.6. The third kappa shape index (κ3) is 4.48. The Hall–Kier alpha value is -2.82. The summed E-state index contributed by atoms with van der Waals surface area (Å²) in [6.07, 6.45) is 4.31. The quantitative estimate of drug-likeness (QED) is 0.766. The molecule has 5 heteroatoms. The molecule has 2 aliphatic rings. The Labute approximate surface area is 158 Å². The third-order valence-corrected chi connectivity index (χ3v) is 4.94. The molecule has 0 heterocycles. The Kier molecular flexibility index (Phi) is 5.10. The number of fused-ring (bicyclic) bond motifs is 1. The van der Waals surface area contributed by atoms with Crippen LogP contribution in [0.1, 0.15) is 42.1 Å². The zero-order chi connectivity index (χ0) is 18.6. The van der Waals surface area contributed by atoms with Gasteiger partial charge in [-0.25, -0.2) is 4.79 Å². The van der Waals surface area contributed by atoms with E-state index in [-0.39, 0.29) is 18.6 Å². The highest BCUT2D eigenvalue weighted by molar-refractivity contribution is 5.85. The summed E-state index contributed by atoms with van der Waals surface area (Å²) >= 11 is 0. The number of benzene rings is 2. The van der Waals surface area contributed by atoms with Gasteiger partial charge < -0.3 is 14.8 Å². The lowest BCUT2D eigenvalue weighted by molar-refractivity contribution is -0.158. The molecular weight excluding hydrogens is 342 g/mol. The number of nitrogens with one attached hydrogen (secondary N) is 1. The van der Waals surface area contributed by atoms with Crippen LogP contribution >= 0.6 is 0 Å². The summed E-state index contributed by atoms with van der Waals surface area (Å²) in [5, 5.41) is 2.90. The molecule has 0 radical (unpaired) electrons. The van der Waals surface area contributed by atoms with Gasteiger partial charge in [0, 0.05) is 11.6 Å². The fourth-order valence-electron chi connectivity index (χ4n) is 3.35. The summed E-state index contributed by atoms with van der Waals surface area (Å²) in [7, 11) is 0. The zero-order valence-corrected chi connectivity index (χ0v) is 15.1. The van der Waals surface area contributed by atoms with E-state index < -0.39 is 12.1 Å². The average Bonchev–Trinajstić information content (AvgIpc) is 3.38. The molecule has 0 unspecified atom stereocenters. The number of carbonyl (C=O) groups excluding carboxylic acids is 2. The van der Waals surface area contributed by atoms with Crippen molar-refractivity contribution in [2.75, 3.05) is 6.61 Å². The van der Waals surface area contributed by atoms with Crippen LogP contribution in [0.15, 0.2) is 48.5 Å². The van der Waals surface area contributed by atoms with Gasteiger partial charge in [0.1, 0.15) is 5.75 Å². The van der Waals surface area contributed by atoms with Crippen molar-refractivity contribution in [3.05, 3.63) is 65.2 Å². The molecule has 1 N–H and O–H groups in total. The van der Waals surface area contributed by atoms with Gasteiger partial charge >= 0.3 is 5.97 Å². The summed E-state index contributed by atoms with van der Waals surface area (Å²) in [5.74, 6) is -0.184. The third-order valence-electron chi connectivity index (χ3n) is 4.94. The van der Waals surface area contributed by atoms with E-state index in [9.17, 15) is 9.59 Å². The summed E-state index contributed by atoms with van der Waals surface area (Å²) in [6.45, 7) is -0.223. The predicted octanol–water partition coefficient (Wildman–Crippen LogP) is 3.12. The first-order valence-electron chi connectivity index (χ1n) is 9.48. The van der Waals surface area contributed by atoms with Crippen LogP contribution in [0.4, 0.5) is 0 Å². The Morgan fingerprint density at radius 1 is 1.04 bits per heavy atom. The Balaban J connectivity index is 1.38. The minimum atomic E-state index is -0.956. The Bertz CT molecular complexity index is 829. The van der Waals surface area contributed by atoms with Crippen molar-refractivity contribution >= 4 is 11.9 Å². The largest absolute Gasteiger partial charge is 0.482 e. The van der Waals surface area contributed by atoms with Crippen molar-refractivity contribution in [3.8, 4) is 5.75 Å². The molecule has 1 saturated carbocycles. The number of carbonyl (C=O) groups is 2. The monoisotopic (exact) mass is 365 g/mol. The maximum atomic E-state index is 12.5. The first-order valence-corrected chi connectivity index (χ1v) is 9.48. The van der Waals surface area contributed by atoms with Crippen molar-refractivity contribution in [2.45, 2.75) is 44.2 Å². The second-order valence-electron chi connectivity index (χ2n) is 7.14. The van der Waals surface area contributed by atoms with Crippen molar-refractivity contribution in [2.24, 2.45) is 0 Å². The van der Waals surface area contributed by atoms with Crippen molar-refractivity contribution in [1.29, 1.82) is 0 Å². The molecule has 140 valence electrons. The van der Waals surface area contributed by atoms with Gasteiger partial charge in [0.05, 0.1) is 0 Å². The molecule has 2 aliphatic carbocycles. The molecule has 2 aromatic rings. The van der Waals surface area contributed by atoms with Gasteiger partial charge in [-0.1, -0.05) is 36.4 Å². The van der Waals surface area contributed by atoms with Gasteiger partial charge in [-0.2, -0.15) is 0 Å². The van der Waals surface area contributed by atoms with Crippen LogP contribution in [0.5, 0.6) is 5.75 Å². The van der Waals surface area contributed by atoms with Gasteiger partial charge in [0.2, 0.25) is 6.10 Å². The molecule has 5 nitrogen and oxygen atoms in total. The van der Waals surface area contributed by atoms with Crippen molar-refractivity contribution in [3.63, 3.8) is 0 Å². The van der Waals surface area contributed by atoms with Crippen LogP contribution in [0.3, 0.4) is 0 Å². The van der Waals surface area contributed by atoms with E-state index in [0.29, 0.717) is 11.3 Å². The fourth-order valence-corrected chi connectivity index (χ4v) is 3.35. The topological polar surface area (TPSA) is 64.6 Å². The predicted molar refractivity (Wildman–Crippen MR) is 100 cm³/mol. The van der Waals surface area contributed by atoms with E-state index in [1.807, 2.05) is 30.3 Å². The van der Waals surface area contributed by atoms with Crippen LogP contribution in [-0.4, -0.2) is 24.5 Å². The summed E-state index contributed by atoms with van der Waals surface area (Å²) in [5.41, 5.74) is 3.29. The Morgan fingerprint density at radius 2 is 1.81 bits per heavy atom. The van der Waals surface area contributed by atoms with Gasteiger partial charge in [-0.15, -0.1) is 0 Å². The smallest absolute Gasteiger partial charge is 0.345 e. The average molecular weight is 365 g/mol. The first-order chi connectivity index (χ1) is 13.2. The summed E-state index contributed by atoms with van der Waals surface area (Å²) < 4.78 is 11.1. The van der Waals surface area contributed by atoms with Crippen LogP contribution in [-0.2, 0) is 27.2 Å². The molecule has 4 rings (SSSR count). The highest BCUT2D eigenvalue weighted by Gasteiger charge is 2.30. The highest BCUT2D eigenvalue weighted by Crippen LogP contribution is 2.26. The number of rotatable bonds is 7. The summed E-state index contributed by atoms with van der Waals surface area (Å²) in [4.78, 5) is 24.8. The standard InChI is InChI=1S/C22H23NO4/c24-20(14-26-19-12-9-15-7-4-8-17(15)13-19)27-21(16-5-2-1-3-6-16)22(25)23-18-10-11-18/h1-3,5-6,9,12-13,18,21H,4,7-8,10-11,14H2,(H,23,25)/t21-/m1/s1. The molecule has 1 atom stereocenters. The molecule has 1 fully saturated rings. The van der Waals surface area contributed by atoms with Crippen LogP contribution < -0.4 is 10.1 Å². The number of esters is 1. The molecule has 0 bridgehead atoms. The lowest BCUT2D eigenvalue weighted by Gasteiger charge is -2.18. The van der Waals surface area contributed by atoms with Gasteiger partial charge in [-0.3, -0.25) is 4.79 Å². The maximum Gasteiger partial charge on any atom is 0.345 e. The Morgan fingerprint density at radius 3 is 2.59 bits per heavy atom. The van der Waals surface area contributed by atoms with Crippen molar-refractivity contribution < 1.29 is 19.1 Å². The molecular formula is C22H23NO4. The normalized spacial score (nSPS) is 16.3. The van der Waals surface area contributed by atoms with E-state index in [1.54, 1.807) is 12.1 Å². The minimum Gasteiger partial charge on any atom is -0.482 e. The number of aryl methyl sites for hydroxylation is 2. The van der Waals surface area contributed by atoms with Crippen molar-refractivity contribution in [1.82, 2.24) is 5.32 Å². The molecule has 0 spiro atoms. The van der Waals surface area contributed by atoms with Gasteiger partial charge in [0.25, 0.3) is 5.91 Å². The number of hydrogen-bond acceptors (Lipinski definition) is 4. The van der Waals surface area contributed by atoms with E-state index in [1.165, 1.54) is 11.1 Å². The lowest BCUT2D eigenvalue weighted by Crippen LogP contribution is -2.34. The highest BCUT2D eigenvalue weighted by atomic mass is 16.6. The van der Waals surface area contributed by atoms with Gasteiger partial charge in [-0.05, 0) is 55.4 Å². The minimum absolute atomic E-state index is 0.199. The number of amides is 1. The van der Waals surface area contributed by atoms with Crippen LogP contribution in [0.2, 0.25) is 0 Å². The summed E-state index contributed by atoms with van der Waals surface area (Å²) in [6, 6.07) is 15.2. The SMILES string of the molecule is O=C(COc1ccc2c(c1)CCC2)O[C@@H](C(=O)NC1CC1)c1ccccc1. The molecule has 27 heavy (non-hydrogen) atoms. The molecule has 1 amide bonds. The second kappa shape index (κ2) is 7.82. The zero-order valence-electron chi connectivity index (χ0n) is 15.1. The van der Waals surface area contributed by atoms with Crippen LogP contribution in [0, 0.1) is 0 Å². The molecule has 0 aliphatic heterocycles. The van der Waals surface area contributed by atoms with E-state index in [4.69, 9.17) is 9.47 Å². The number of ether oxygens (including phenoxy) is 2. The van der Waals surface area contributed by atoms with Gasteiger partial charge in [0.15, 0.2) is 6.61 Å². The number of hydrogen-bond donors (Lipinski definition) is 1. The second-order valence-corrected chi connectivity index (χ2v) is 7.14. The maximum absolute atomic E-state index is 12.5. The molecule has 0 saturated heterocycles. The molecule has 0 aromatic heterocycles. The van der Waals surface area contributed by atoms with E-state index in [0.717, 1.165) is 32.1 Å². The van der Waals surface area contributed by atoms with E-state index >= 15 is 0 Å². The molecule has 2 aromatic carbocycles. The van der Waals surface area contributed by atoms with Crippen LogP contribution in [0.25, 0.3) is 0 Å².